The van der Waals surface area contributed by atoms with Crippen molar-refractivity contribution in [3.8, 4) is 5.75 Å². The van der Waals surface area contributed by atoms with Gasteiger partial charge in [0.05, 0.1) is 7.11 Å². The minimum Gasteiger partial charge on any atom is -0.497 e. The Hall–Kier alpha value is -0.690. The highest BCUT2D eigenvalue weighted by molar-refractivity contribution is 5.85. The van der Waals surface area contributed by atoms with Crippen molar-refractivity contribution in [2.45, 2.75) is 32.0 Å². The molecule has 1 atom stereocenters. The van der Waals surface area contributed by atoms with Gasteiger partial charge in [-0.3, -0.25) is 4.90 Å². The van der Waals surface area contributed by atoms with E-state index in [1.165, 1.54) is 0 Å². The van der Waals surface area contributed by atoms with Gasteiger partial charge in [0, 0.05) is 38.6 Å². The van der Waals surface area contributed by atoms with Crippen LogP contribution in [-0.2, 0) is 0 Å². The van der Waals surface area contributed by atoms with Crippen LogP contribution in [0, 0.1) is 6.92 Å². The highest BCUT2D eigenvalue weighted by Gasteiger charge is 2.31. The number of methoxy groups -OCH3 is 1. The summed E-state index contributed by atoms with van der Waals surface area (Å²) < 4.78 is 43.2. The summed E-state index contributed by atoms with van der Waals surface area (Å²) in [5, 5.41) is 3.24. The van der Waals surface area contributed by atoms with Crippen molar-refractivity contribution in [3.63, 3.8) is 0 Å². The molecule has 1 aliphatic heterocycles. The molecule has 1 aliphatic rings. The summed E-state index contributed by atoms with van der Waals surface area (Å²) in [6.45, 7) is 5.11. The van der Waals surface area contributed by atoms with Gasteiger partial charge in [-0.05, 0) is 36.6 Å². The molecule has 0 bridgehead atoms. The number of halogens is 5. The fourth-order valence-electron chi connectivity index (χ4n) is 2.98. The molecule has 24 heavy (non-hydrogen) atoms. The van der Waals surface area contributed by atoms with Crippen molar-refractivity contribution in [2.75, 3.05) is 33.3 Å². The van der Waals surface area contributed by atoms with E-state index < -0.39 is 12.6 Å². The molecule has 0 aromatic heterocycles. The molecule has 0 aliphatic carbocycles. The average Bonchev–Trinajstić information content (AvgIpc) is 2.48. The SMILES string of the molecule is COc1ccc([C@H](CCC(F)(F)F)N2CCNCC2)c(C)c1.Cl.Cl. The Morgan fingerprint density at radius 3 is 2.33 bits per heavy atom. The Bertz CT molecular complexity index is 495. The summed E-state index contributed by atoms with van der Waals surface area (Å²) in [7, 11) is 1.59. The van der Waals surface area contributed by atoms with Crippen molar-refractivity contribution in [2.24, 2.45) is 0 Å². The smallest absolute Gasteiger partial charge is 0.389 e. The van der Waals surface area contributed by atoms with Gasteiger partial charge < -0.3 is 10.1 Å². The van der Waals surface area contributed by atoms with E-state index in [1.807, 2.05) is 25.1 Å². The molecule has 1 N–H and O–H groups in total. The molecule has 0 unspecified atom stereocenters. The number of nitrogens with one attached hydrogen (secondary N) is 1. The molecule has 8 heteroatoms. The first-order chi connectivity index (χ1) is 10.4. The number of nitrogens with zero attached hydrogens (tertiary/aromatic N) is 1. The van der Waals surface area contributed by atoms with Crippen LogP contribution in [0.5, 0.6) is 5.75 Å². The average molecular weight is 389 g/mol. The zero-order valence-corrected chi connectivity index (χ0v) is 15.5. The van der Waals surface area contributed by atoms with Crippen LogP contribution in [0.2, 0.25) is 0 Å². The van der Waals surface area contributed by atoms with Crippen LogP contribution in [0.3, 0.4) is 0 Å². The molecule has 1 aromatic rings. The fraction of sp³-hybridized carbons (Fsp3) is 0.625. The van der Waals surface area contributed by atoms with Gasteiger partial charge in [-0.2, -0.15) is 13.2 Å². The van der Waals surface area contributed by atoms with Gasteiger partial charge in [0.15, 0.2) is 0 Å². The molecule has 1 fully saturated rings. The lowest BCUT2D eigenvalue weighted by atomic mass is 9.95. The maximum Gasteiger partial charge on any atom is 0.389 e. The first kappa shape index (κ1) is 23.3. The zero-order valence-electron chi connectivity index (χ0n) is 13.9. The molecule has 0 radical (unpaired) electrons. The molecule has 140 valence electrons. The molecule has 2 rings (SSSR count). The second kappa shape index (κ2) is 10.3. The molecule has 0 saturated carbocycles. The lowest BCUT2D eigenvalue weighted by molar-refractivity contribution is -0.138. The number of alkyl halides is 3. The summed E-state index contributed by atoms with van der Waals surface area (Å²) in [5.74, 6) is 0.733. The van der Waals surface area contributed by atoms with Crippen LogP contribution < -0.4 is 10.1 Å². The van der Waals surface area contributed by atoms with Gasteiger partial charge in [0.1, 0.15) is 5.75 Å². The third-order valence-electron chi connectivity index (χ3n) is 4.13. The molecular weight excluding hydrogens is 364 g/mol. The maximum absolute atomic E-state index is 12.7. The van der Waals surface area contributed by atoms with Crippen LogP contribution in [0.1, 0.15) is 30.0 Å². The molecule has 3 nitrogen and oxygen atoms in total. The Kier molecular flexibility index (Phi) is 10.0. The van der Waals surface area contributed by atoms with Gasteiger partial charge in [-0.25, -0.2) is 0 Å². The third kappa shape index (κ3) is 6.67. The number of hydrogen-bond donors (Lipinski definition) is 1. The Morgan fingerprint density at radius 2 is 1.83 bits per heavy atom. The van der Waals surface area contributed by atoms with Crippen molar-refractivity contribution < 1.29 is 17.9 Å². The van der Waals surface area contributed by atoms with Crippen LogP contribution in [0.25, 0.3) is 0 Å². The van der Waals surface area contributed by atoms with Gasteiger partial charge in [-0.1, -0.05) is 6.07 Å². The quantitative estimate of drug-likeness (QED) is 0.820. The molecular formula is C16H25Cl2F3N2O. The van der Waals surface area contributed by atoms with Gasteiger partial charge in [0.2, 0.25) is 0 Å². The predicted molar refractivity (Wildman–Crippen MR) is 94.7 cm³/mol. The minimum atomic E-state index is -4.12. The molecule has 1 saturated heterocycles. The highest BCUT2D eigenvalue weighted by atomic mass is 35.5. The number of piperazine rings is 1. The van der Waals surface area contributed by atoms with E-state index >= 15 is 0 Å². The minimum absolute atomic E-state index is 0. The first-order valence-electron chi connectivity index (χ1n) is 7.57. The lowest BCUT2D eigenvalue weighted by Gasteiger charge is -2.36. The number of aryl methyl sites for hydroxylation is 1. The lowest BCUT2D eigenvalue weighted by Crippen LogP contribution is -2.45. The summed E-state index contributed by atoms with van der Waals surface area (Å²) in [6, 6.07) is 5.41. The third-order valence-corrected chi connectivity index (χ3v) is 4.13. The Balaban J connectivity index is 0.00000264. The van der Waals surface area contributed by atoms with Crippen molar-refractivity contribution >= 4 is 24.8 Å². The van der Waals surface area contributed by atoms with E-state index in [4.69, 9.17) is 4.74 Å². The van der Waals surface area contributed by atoms with E-state index in [9.17, 15) is 13.2 Å². The predicted octanol–water partition coefficient (Wildman–Crippen LogP) is 4.14. The number of hydrogen-bond acceptors (Lipinski definition) is 3. The molecule has 1 aromatic carbocycles. The first-order valence-corrected chi connectivity index (χ1v) is 7.57. The summed E-state index contributed by atoms with van der Waals surface area (Å²) in [5.41, 5.74) is 1.94. The molecule has 0 amide bonds. The van der Waals surface area contributed by atoms with Gasteiger partial charge in [0.25, 0.3) is 0 Å². The largest absolute Gasteiger partial charge is 0.497 e. The molecule has 0 spiro atoms. The summed E-state index contributed by atoms with van der Waals surface area (Å²) in [6.07, 6.45) is -4.78. The van der Waals surface area contributed by atoms with E-state index in [0.29, 0.717) is 0 Å². The second-order valence-electron chi connectivity index (χ2n) is 5.68. The Morgan fingerprint density at radius 1 is 1.21 bits per heavy atom. The van der Waals surface area contributed by atoms with Crippen molar-refractivity contribution in [1.82, 2.24) is 10.2 Å². The molecule has 1 heterocycles. The van der Waals surface area contributed by atoms with Crippen LogP contribution in [0.15, 0.2) is 18.2 Å². The number of benzene rings is 1. The maximum atomic E-state index is 12.7. The van der Waals surface area contributed by atoms with Crippen molar-refractivity contribution in [3.05, 3.63) is 29.3 Å². The monoisotopic (exact) mass is 388 g/mol. The van der Waals surface area contributed by atoms with Crippen LogP contribution >= 0.6 is 24.8 Å². The fourth-order valence-corrected chi connectivity index (χ4v) is 2.98. The van der Waals surface area contributed by atoms with Gasteiger partial charge in [-0.15, -0.1) is 24.8 Å². The van der Waals surface area contributed by atoms with E-state index in [-0.39, 0.29) is 37.3 Å². The number of rotatable bonds is 5. The standard InChI is InChI=1S/C16H23F3N2O.2ClH/c1-12-11-13(22-2)3-4-14(12)15(5-6-16(17,18)19)21-9-7-20-8-10-21;;/h3-4,11,15,20H,5-10H2,1-2H3;2*1H/t15-;;/m0../s1. The normalized spacial score (nSPS) is 16.7. The van der Waals surface area contributed by atoms with Gasteiger partial charge >= 0.3 is 6.18 Å². The van der Waals surface area contributed by atoms with Crippen molar-refractivity contribution in [1.29, 1.82) is 0 Å². The van der Waals surface area contributed by atoms with E-state index in [1.54, 1.807) is 7.11 Å². The number of ether oxygens (including phenoxy) is 1. The second-order valence-corrected chi connectivity index (χ2v) is 5.68. The topological polar surface area (TPSA) is 24.5 Å². The highest BCUT2D eigenvalue weighted by Crippen LogP contribution is 2.34. The summed E-state index contributed by atoms with van der Waals surface area (Å²) >= 11 is 0. The van der Waals surface area contributed by atoms with Crippen LogP contribution in [0.4, 0.5) is 13.2 Å². The van der Waals surface area contributed by atoms with Crippen LogP contribution in [-0.4, -0.2) is 44.4 Å². The Labute approximate surface area is 153 Å². The van der Waals surface area contributed by atoms with E-state index in [2.05, 4.69) is 10.2 Å². The summed E-state index contributed by atoms with van der Waals surface area (Å²) in [4.78, 5) is 2.15. The zero-order chi connectivity index (χ0) is 16.2. The van der Waals surface area contributed by atoms with E-state index in [0.717, 1.165) is 43.1 Å².